The molecule has 2 rings (SSSR count). The molecule has 21 heavy (non-hydrogen) atoms. The van der Waals surface area contributed by atoms with E-state index < -0.39 is 23.1 Å². The van der Waals surface area contributed by atoms with Crippen LogP contribution in [0, 0.1) is 11.6 Å². The Balaban J connectivity index is 1.96. The average Bonchev–Trinajstić information content (AvgIpc) is 2.88. The van der Waals surface area contributed by atoms with Crippen LogP contribution in [0.4, 0.5) is 8.78 Å². The first-order valence-electron chi connectivity index (χ1n) is 6.35. The third-order valence-corrected chi connectivity index (χ3v) is 2.94. The SMILES string of the molecule is C[C@](O)(CNC(=O)c1ccc(F)cc1F)Cc1ccco1. The zero-order valence-corrected chi connectivity index (χ0v) is 11.4. The fourth-order valence-electron chi connectivity index (χ4n) is 1.89. The van der Waals surface area contributed by atoms with Crippen molar-refractivity contribution in [3.05, 3.63) is 59.6 Å². The molecule has 0 aliphatic heterocycles. The summed E-state index contributed by atoms with van der Waals surface area (Å²) >= 11 is 0. The van der Waals surface area contributed by atoms with Crippen LogP contribution in [0.3, 0.4) is 0 Å². The number of aliphatic hydroxyl groups is 1. The fourth-order valence-corrected chi connectivity index (χ4v) is 1.89. The van der Waals surface area contributed by atoms with E-state index in [0.717, 1.165) is 12.1 Å². The lowest BCUT2D eigenvalue weighted by Crippen LogP contribution is -2.42. The van der Waals surface area contributed by atoms with Gasteiger partial charge in [-0.05, 0) is 31.2 Å². The number of rotatable bonds is 5. The fraction of sp³-hybridized carbons (Fsp3) is 0.267. The van der Waals surface area contributed by atoms with Gasteiger partial charge >= 0.3 is 0 Å². The van der Waals surface area contributed by atoms with E-state index in [2.05, 4.69) is 5.32 Å². The smallest absolute Gasteiger partial charge is 0.254 e. The van der Waals surface area contributed by atoms with Crippen molar-refractivity contribution >= 4 is 5.91 Å². The monoisotopic (exact) mass is 295 g/mol. The van der Waals surface area contributed by atoms with Gasteiger partial charge in [-0.25, -0.2) is 8.78 Å². The summed E-state index contributed by atoms with van der Waals surface area (Å²) in [5.41, 5.74) is -1.52. The minimum absolute atomic E-state index is 0.0939. The summed E-state index contributed by atoms with van der Waals surface area (Å²) in [7, 11) is 0. The van der Waals surface area contributed by atoms with Crippen LogP contribution in [0.5, 0.6) is 0 Å². The van der Waals surface area contributed by atoms with Gasteiger partial charge in [0.05, 0.1) is 17.4 Å². The zero-order valence-electron chi connectivity index (χ0n) is 11.4. The highest BCUT2D eigenvalue weighted by atomic mass is 19.1. The predicted octanol–water partition coefficient (Wildman–Crippen LogP) is 2.28. The molecule has 0 saturated heterocycles. The van der Waals surface area contributed by atoms with Crippen LogP contribution in [0.1, 0.15) is 23.0 Å². The van der Waals surface area contributed by atoms with Crippen molar-refractivity contribution in [3.63, 3.8) is 0 Å². The summed E-state index contributed by atoms with van der Waals surface area (Å²) in [4.78, 5) is 11.8. The van der Waals surface area contributed by atoms with Crippen LogP contribution in [-0.2, 0) is 6.42 Å². The van der Waals surface area contributed by atoms with Crippen LogP contribution < -0.4 is 5.32 Å². The Bertz CT molecular complexity index is 624. The molecule has 0 saturated carbocycles. The number of furan rings is 1. The van der Waals surface area contributed by atoms with Crippen LogP contribution in [-0.4, -0.2) is 23.2 Å². The molecule has 1 amide bonds. The van der Waals surface area contributed by atoms with Crippen molar-refractivity contribution in [3.8, 4) is 0 Å². The van der Waals surface area contributed by atoms with Crippen molar-refractivity contribution in [1.29, 1.82) is 0 Å². The number of hydrogen-bond acceptors (Lipinski definition) is 3. The first-order chi connectivity index (χ1) is 9.87. The van der Waals surface area contributed by atoms with Crippen molar-refractivity contribution < 1.29 is 23.1 Å². The summed E-state index contributed by atoms with van der Waals surface area (Å²) in [6, 6.07) is 6.09. The number of nitrogens with one attached hydrogen (secondary N) is 1. The summed E-state index contributed by atoms with van der Waals surface area (Å²) in [6.07, 6.45) is 1.68. The van der Waals surface area contributed by atoms with Gasteiger partial charge in [0.1, 0.15) is 17.4 Å². The van der Waals surface area contributed by atoms with Gasteiger partial charge in [0, 0.05) is 19.0 Å². The van der Waals surface area contributed by atoms with E-state index in [0.29, 0.717) is 11.8 Å². The second-order valence-electron chi connectivity index (χ2n) is 5.06. The molecule has 0 unspecified atom stereocenters. The molecule has 4 nitrogen and oxygen atoms in total. The Labute approximate surface area is 120 Å². The summed E-state index contributed by atoms with van der Waals surface area (Å²) in [5.74, 6) is -1.85. The predicted molar refractivity (Wildman–Crippen MR) is 71.7 cm³/mol. The van der Waals surface area contributed by atoms with E-state index in [-0.39, 0.29) is 18.5 Å². The maximum absolute atomic E-state index is 13.4. The van der Waals surface area contributed by atoms with Gasteiger partial charge in [-0.2, -0.15) is 0 Å². The normalized spacial score (nSPS) is 13.7. The van der Waals surface area contributed by atoms with Crippen LogP contribution in [0.25, 0.3) is 0 Å². The lowest BCUT2D eigenvalue weighted by atomic mass is 10.0. The largest absolute Gasteiger partial charge is 0.469 e. The molecule has 2 N–H and O–H groups in total. The van der Waals surface area contributed by atoms with Crippen molar-refractivity contribution in [2.24, 2.45) is 0 Å². The molecule has 1 aromatic carbocycles. The lowest BCUT2D eigenvalue weighted by molar-refractivity contribution is 0.0509. The van der Waals surface area contributed by atoms with E-state index in [1.807, 2.05) is 0 Å². The zero-order chi connectivity index (χ0) is 15.5. The van der Waals surface area contributed by atoms with Crippen LogP contribution in [0.15, 0.2) is 41.0 Å². The van der Waals surface area contributed by atoms with Gasteiger partial charge in [0.2, 0.25) is 0 Å². The minimum Gasteiger partial charge on any atom is -0.469 e. The Morgan fingerprint density at radius 3 is 2.76 bits per heavy atom. The molecule has 0 aliphatic rings. The molecule has 2 aromatic rings. The summed E-state index contributed by atoms with van der Waals surface area (Å²) in [6.45, 7) is 1.43. The van der Waals surface area contributed by atoms with E-state index in [9.17, 15) is 18.7 Å². The Morgan fingerprint density at radius 1 is 1.38 bits per heavy atom. The van der Waals surface area contributed by atoms with Crippen molar-refractivity contribution in [1.82, 2.24) is 5.32 Å². The number of carbonyl (C=O) groups excluding carboxylic acids is 1. The van der Waals surface area contributed by atoms with E-state index >= 15 is 0 Å². The topological polar surface area (TPSA) is 62.5 Å². The van der Waals surface area contributed by atoms with Gasteiger partial charge < -0.3 is 14.8 Å². The molecular formula is C15H15F2NO3. The molecule has 1 atom stereocenters. The maximum Gasteiger partial charge on any atom is 0.254 e. The van der Waals surface area contributed by atoms with Gasteiger partial charge in [0.25, 0.3) is 5.91 Å². The summed E-state index contributed by atoms with van der Waals surface area (Å²) in [5, 5.41) is 12.6. The number of halogens is 2. The third-order valence-electron chi connectivity index (χ3n) is 2.94. The molecule has 0 fully saturated rings. The Kier molecular flexibility index (Phi) is 4.37. The highest BCUT2D eigenvalue weighted by Gasteiger charge is 2.24. The van der Waals surface area contributed by atoms with Crippen LogP contribution >= 0.6 is 0 Å². The van der Waals surface area contributed by atoms with Gasteiger partial charge in [-0.15, -0.1) is 0 Å². The standard InChI is InChI=1S/C15H15F2NO3/c1-15(20,8-11-3-2-6-21-11)9-18-14(19)12-5-4-10(16)7-13(12)17/h2-7,20H,8-9H2,1H3,(H,18,19)/t15-/m1/s1. The molecule has 0 radical (unpaired) electrons. The number of amides is 1. The maximum atomic E-state index is 13.4. The first-order valence-corrected chi connectivity index (χ1v) is 6.35. The average molecular weight is 295 g/mol. The molecule has 0 bridgehead atoms. The highest BCUT2D eigenvalue weighted by Crippen LogP contribution is 2.14. The van der Waals surface area contributed by atoms with Crippen LogP contribution in [0.2, 0.25) is 0 Å². The second-order valence-corrected chi connectivity index (χ2v) is 5.06. The van der Waals surface area contributed by atoms with Crippen molar-refractivity contribution in [2.45, 2.75) is 18.9 Å². The molecule has 112 valence electrons. The van der Waals surface area contributed by atoms with Crippen molar-refractivity contribution in [2.75, 3.05) is 6.54 Å². The van der Waals surface area contributed by atoms with Gasteiger partial charge in [-0.1, -0.05) is 0 Å². The Morgan fingerprint density at radius 2 is 2.14 bits per heavy atom. The van der Waals surface area contributed by atoms with E-state index in [4.69, 9.17) is 4.42 Å². The first kappa shape index (κ1) is 15.2. The molecule has 0 aliphatic carbocycles. The minimum atomic E-state index is -1.25. The van der Waals surface area contributed by atoms with Gasteiger partial charge in [0.15, 0.2) is 0 Å². The van der Waals surface area contributed by atoms with Gasteiger partial charge in [-0.3, -0.25) is 4.79 Å². The number of hydrogen-bond donors (Lipinski definition) is 2. The Hall–Kier alpha value is -2.21. The summed E-state index contributed by atoms with van der Waals surface area (Å²) < 4.78 is 31.3. The molecule has 1 heterocycles. The molecular weight excluding hydrogens is 280 g/mol. The number of carbonyl (C=O) groups is 1. The quantitative estimate of drug-likeness (QED) is 0.889. The molecule has 1 aromatic heterocycles. The number of benzene rings is 1. The van der Waals surface area contributed by atoms with E-state index in [1.165, 1.54) is 13.2 Å². The molecule has 0 spiro atoms. The lowest BCUT2D eigenvalue weighted by Gasteiger charge is -2.22. The van der Waals surface area contributed by atoms with E-state index in [1.54, 1.807) is 12.1 Å². The third kappa shape index (κ3) is 4.13. The molecule has 6 heteroatoms. The highest BCUT2D eigenvalue weighted by molar-refractivity contribution is 5.94. The second kappa shape index (κ2) is 6.05.